The summed E-state index contributed by atoms with van der Waals surface area (Å²) in [7, 11) is 1.57. The van der Waals surface area contributed by atoms with Crippen molar-refractivity contribution in [3.63, 3.8) is 0 Å². The van der Waals surface area contributed by atoms with E-state index in [2.05, 4.69) is 6.07 Å². The number of carbonyl (C=O) groups is 1. The van der Waals surface area contributed by atoms with Crippen LogP contribution < -0.4 is 9.47 Å². The molecule has 1 saturated heterocycles. The Balaban J connectivity index is 1.76. The lowest BCUT2D eigenvalue weighted by Crippen LogP contribution is -2.24. The predicted molar refractivity (Wildman–Crippen MR) is 97.5 cm³/mol. The molecule has 2 aromatic carbocycles. The van der Waals surface area contributed by atoms with Gasteiger partial charge in [0.1, 0.15) is 11.5 Å². The number of benzene rings is 2. The van der Waals surface area contributed by atoms with Crippen molar-refractivity contribution in [1.29, 1.82) is 5.26 Å². The van der Waals surface area contributed by atoms with Crippen molar-refractivity contribution >= 4 is 17.6 Å². The van der Waals surface area contributed by atoms with Crippen LogP contribution in [0.3, 0.4) is 0 Å². The van der Waals surface area contributed by atoms with Gasteiger partial charge in [-0.25, -0.2) is 4.79 Å². The fourth-order valence-electron chi connectivity index (χ4n) is 2.78. The van der Waals surface area contributed by atoms with Gasteiger partial charge in [0.15, 0.2) is 6.10 Å². The van der Waals surface area contributed by atoms with Gasteiger partial charge in [0.2, 0.25) is 0 Å². The molecule has 3 rings (SSSR count). The molecule has 1 aliphatic rings. The van der Waals surface area contributed by atoms with E-state index in [1.807, 2.05) is 24.3 Å². The number of rotatable bonds is 5. The number of ether oxygens (including phenoxy) is 3. The largest absolute Gasteiger partial charge is 0.496 e. The second-order valence-corrected chi connectivity index (χ2v) is 5.86. The van der Waals surface area contributed by atoms with Crippen LogP contribution >= 0.6 is 0 Å². The maximum Gasteiger partial charge on any atom is 0.340 e. The van der Waals surface area contributed by atoms with Crippen molar-refractivity contribution in [2.45, 2.75) is 18.9 Å². The van der Waals surface area contributed by atoms with E-state index in [4.69, 9.17) is 14.2 Å². The van der Waals surface area contributed by atoms with Crippen molar-refractivity contribution < 1.29 is 19.0 Å². The summed E-state index contributed by atoms with van der Waals surface area (Å²) in [5.74, 6) is 0.735. The Hall–Kier alpha value is -3.10. The van der Waals surface area contributed by atoms with Crippen LogP contribution in [-0.4, -0.2) is 25.8 Å². The van der Waals surface area contributed by atoms with Crippen molar-refractivity contribution in [2.24, 2.45) is 0 Å². The molecule has 5 heteroatoms. The summed E-state index contributed by atoms with van der Waals surface area (Å²) in [4.78, 5) is 12.0. The Labute approximate surface area is 152 Å². The first-order valence-electron chi connectivity index (χ1n) is 8.40. The molecular weight excluding hydrogens is 330 g/mol. The first-order chi connectivity index (χ1) is 12.7. The smallest absolute Gasteiger partial charge is 0.340 e. The highest BCUT2D eigenvalue weighted by atomic mass is 16.6. The lowest BCUT2D eigenvalue weighted by atomic mass is 10.0. The van der Waals surface area contributed by atoms with Gasteiger partial charge in [-0.3, -0.25) is 0 Å². The molecule has 1 unspecified atom stereocenters. The number of para-hydroxylation sites is 1. The maximum absolute atomic E-state index is 12.0. The number of hydrogen-bond acceptors (Lipinski definition) is 5. The normalized spacial score (nSPS) is 16.8. The molecule has 0 saturated carbocycles. The van der Waals surface area contributed by atoms with Gasteiger partial charge in [-0.1, -0.05) is 24.3 Å². The minimum atomic E-state index is -0.467. The van der Waals surface area contributed by atoms with E-state index < -0.39 is 6.10 Å². The van der Waals surface area contributed by atoms with E-state index in [1.165, 1.54) is 0 Å². The SMILES string of the molecule is COc1ccccc1/C(C#N)=C\c1ccc(OC(=O)C2CCCO2)cc1. The first-order valence-corrected chi connectivity index (χ1v) is 8.40. The highest BCUT2D eigenvalue weighted by molar-refractivity contribution is 5.91. The van der Waals surface area contributed by atoms with Gasteiger partial charge in [-0.05, 0) is 48.7 Å². The van der Waals surface area contributed by atoms with Gasteiger partial charge < -0.3 is 14.2 Å². The Bertz CT molecular complexity index is 843. The topological polar surface area (TPSA) is 68.5 Å². The molecule has 0 bridgehead atoms. The van der Waals surface area contributed by atoms with E-state index in [9.17, 15) is 10.1 Å². The van der Waals surface area contributed by atoms with Gasteiger partial charge in [0, 0.05) is 12.2 Å². The molecule has 1 fully saturated rings. The summed E-state index contributed by atoms with van der Waals surface area (Å²) in [5, 5.41) is 9.50. The quantitative estimate of drug-likeness (QED) is 0.355. The number of methoxy groups -OCH3 is 1. The zero-order chi connectivity index (χ0) is 18.4. The molecule has 132 valence electrons. The lowest BCUT2D eigenvalue weighted by molar-refractivity contribution is -0.144. The average molecular weight is 349 g/mol. The maximum atomic E-state index is 12.0. The Kier molecular flexibility index (Phi) is 5.67. The highest BCUT2D eigenvalue weighted by Gasteiger charge is 2.25. The summed E-state index contributed by atoms with van der Waals surface area (Å²) in [6.07, 6.45) is 2.88. The summed E-state index contributed by atoms with van der Waals surface area (Å²) < 4.78 is 16.0. The van der Waals surface area contributed by atoms with Crippen molar-refractivity contribution in [3.8, 4) is 17.6 Å². The van der Waals surface area contributed by atoms with Crippen LogP contribution in [-0.2, 0) is 9.53 Å². The molecule has 0 aromatic heterocycles. The third kappa shape index (κ3) is 4.11. The first kappa shape index (κ1) is 17.7. The fourth-order valence-corrected chi connectivity index (χ4v) is 2.78. The summed E-state index contributed by atoms with van der Waals surface area (Å²) in [6, 6.07) is 16.6. The highest BCUT2D eigenvalue weighted by Crippen LogP contribution is 2.27. The summed E-state index contributed by atoms with van der Waals surface area (Å²) >= 11 is 0. The van der Waals surface area contributed by atoms with Gasteiger partial charge in [0.25, 0.3) is 0 Å². The van der Waals surface area contributed by atoms with Gasteiger partial charge >= 0.3 is 5.97 Å². The van der Waals surface area contributed by atoms with Gasteiger partial charge in [-0.15, -0.1) is 0 Å². The fraction of sp³-hybridized carbons (Fsp3) is 0.238. The van der Waals surface area contributed by atoms with Crippen LogP contribution in [0, 0.1) is 11.3 Å². The number of hydrogen-bond donors (Lipinski definition) is 0. The van der Waals surface area contributed by atoms with E-state index >= 15 is 0 Å². The zero-order valence-electron chi connectivity index (χ0n) is 14.5. The molecule has 1 heterocycles. The molecule has 0 amide bonds. The molecule has 1 atom stereocenters. The second-order valence-electron chi connectivity index (χ2n) is 5.86. The summed E-state index contributed by atoms with van der Waals surface area (Å²) in [5.41, 5.74) is 2.04. The molecule has 26 heavy (non-hydrogen) atoms. The molecule has 0 spiro atoms. The van der Waals surface area contributed by atoms with Crippen LogP contribution in [0.5, 0.6) is 11.5 Å². The van der Waals surface area contributed by atoms with Crippen molar-refractivity contribution in [1.82, 2.24) is 0 Å². The molecule has 2 aromatic rings. The second kappa shape index (κ2) is 8.32. The molecule has 1 aliphatic heterocycles. The van der Waals surface area contributed by atoms with Crippen LogP contribution in [0.4, 0.5) is 0 Å². The standard InChI is InChI=1S/C21H19NO4/c1-24-19-6-3-2-5-18(19)16(14-22)13-15-8-10-17(11-9-15)26-21(23)20-7-4-12-25-20/h2-3,5-6,8-11,13,20H,4,7,12H2,1H3/b16-13-. The van der Waals surface area contributed by atoms with Crippen molar-refractivity contribution in [3.05, 3.63) is 59.7 Å². The average Bonchev–Trinajstić information content (AvgIpc) is 3.22. The predicted octanol–water partition coefficient (Wildman–Crippen LogP) is 3.84. The number of allylic oxidation sites excluding steroid dienone is 1. The minimum Gasteiger partial charge on any atom is -0.496 e. The van der Waals surface area contributed by atoms with E-state index in [0.717, 1.165) is 17.5 Å². The van der Waals surface area contributed by atoms with Crippen LogP contribution in [0.25, 0.3) is 11.6 Å². The van der Waals surface area contributed by atoms with Crippen LogP contribution in [0.15, 0.2) is 48.5 Å². The number of nitrogens with zero attached hydrogens (tertiary/aromatic N) is 1. The van der Waals surface area contributed by atoms with Gasteiger partial charge in [-0.2, -0.15) is 5.26 Å². The molecule has 5 nitrogen and oxygen atoms in total. The Morgan fingerprint density at radius 2 is 2.00 bits per heavy atom. The van der Waals surface area contributed by atoms with E-state index in [1.54, 1.807) is 37.5 Å². The number of esters is 1. The molecular formula is C21H19NO4. The molecule has 0 radical (unpaired) electrons. The van der Waals surface area contributed by atoms with Crippen LogP contribution in [0.1, 0.15) is 24.0 Å². The Morgan fingerprint density at radius 3 is 2.65 bits per heavy atom. The van der Waals surface area contributed by atoms with Gasteiger partial charge in [0.05, 0.1) is 18.8 Å². The van der Waals surface area contributed by atoms with E-state index in [0.29, 0.717) is 30.1 Å². The third-order valence-corrected chi connectivity index (χ3v) is 4.12. The number of nitriles is 1. The van der Waals surface area contributed by atoms with E-state index in [-0.39, 0.29) is 5.97 Å². The Morgan fingerprint density at radius 1 is 1.23 bits per heavy atom. The number of carbonyl (C=O) groups excluding carboxylic acids is 1. The molecule has 0 N–H and O–H groups in total. The zero-order valence-corrected chi connectivity index (χ0v) is 14.5. The third-order valence-electron chi connectivity index (χ3n) is 4.12. The lowest BCUT2D eigenvalue weighted by Gasteiger charge is -2.09. The minimum absolute atomic E-state index is 0.363. The summed E-state index contributed by atoms with van der Waals surface area (Å²) in [6.45, 7) is 0.601. The molecule has 0 aliphatic carbocycles. The van der Waals surface area contributed by atoms with Crippen LogP contribution in [0.2, 0.25) is 0 Å². The van der Waals surface area contributed by atoms with Crippen molar-refractivity contribution in [2.75, 3.05) is 13.7 Å². The monoisotopic (exact) mass is 349 g/mol.